The summed E-state index contributed by atoms with van der Waals surface area (Å²) in [5.41, 5.74) is 8.22. The van der Waals surface area contributed by atoms with E-state index in [9.17, 15) is 0 Å². The molecule has 0 fully saturated rings. The number of ether oxygens (including phenoxy) is 3. The number of aliphatic imine (C=N–C) groups is 1. The summed E-state index contributed by atoms with van der Waals surface area (Å²) >= 11 is 0. The Morgan fingerprint density at radius 1 is 1.17 bits per heavy atom. The summed E-state index contributed by atoms with van der Waals surface area (Å²) in [7, 11) is 3.27. The zero-order valence-electron chi connectivity index (χ0n) is 17.4. The van der Waals surface area contributed by atoms with Gasteiger partial charge in [-0.3, -0.25) is 4.99 Å². The molecule has 1 aliphatic rings. The molecule has 1 atom stereocenters. The van der Waals surface area contributed by atoms with Crippen molar-refractivity contribution in [1.29, 1.82) is 0 Å². The van der Waals surface area contributed by atoms with E-state index in [-0.39, 0.29) is 35.4 Å². The Bertz CT molecular complexity index is 855. The quantitative estimate of drug-likeness (QED) is 0.348. The second-order valence-electron chi connectivity index (χ2n) is 7.53. The maximum atomic E-state index is 6.20. The highest BCUT2D eigenvalue weighted by Crippen LogP contribution is 2.34. The zero-order chi connectivity index (χ0) is 20.1. The average molecular weight is 511 g/mol. The second kappa shape index (κ2) is 10.0. The molecule has 0 aromatic heterocycles. The molecule has 3 N–H and O–H groups in total. The molecule has 6 nitrogen and oxygen atoms in total. The minimum absolute atomic E-state index is 0. The van der Waals surface area contributed by atoms with Crippen LogP contribution in [0.3, 0.4) is 0 Å². The molecule has 3 rings (SSSR count). The average Bonchev–Trinajstić information content (AvgIpc) is 2.72. The molecule has 0 spiro atoms. The molecule has 0 amide bonds. The molecule has 7 heteroatoms. The first-order valence-corrected chi connectivity index (χ1v) is 9.45. The normalized spacial score (nSPS) is 16.1. The summed E-state index contributed by atoms with van der Waals surface area (Å²) < 4.78 is 16.4. The number of nitrogens with one attached hydrogen (secondary N) is 1. The summed E-state index contributed by atoms with van der Waals surface area (Å²) in [5, 5.41) is 3.34. The first-order chi connectivity index (χ1) is 13.4. The first-order valence-electron chi connectivity index (χ1n) is 9.45. The Morgan fingerprint density at radius 2 is 1.90 bits per heavy atom. The van der Waals surface area contributed by atoms with E-state index in [1.807, 2.05) is 36.4 Å². The number of rotatable bonds is 6. The van der Waals surface area contributed by atoms with Gasteiger partial charge < -0.3 is 25.3 Å². The molecule has 1 aliphatic heterocycles. The lowest BCUT2D eigenvalue weighted by Crippen LogP contribution is -2.38. The van der Waals surface area contributed by atoms with E-state index < -0.39 is 0 Å². The van der Waals surface area contributed by atoms with Crippen molar-refractivity contribution in [3.8, 4) is 17.2 Å². The number of nitrogens with zero attached hydrogens (tertiary/aromatic N) is 1. The Kier molecular flexibility index (Phi) is 8.01. The van der Waals surface area contributed by atoms with Gasteiger partial charge in [-0.1, -0.05) is 38.1 Å². The van der Waals surface area contributed by atoms with Crippen molar-refractivity contribution in [1.82, 2.24) is 5.32 Å². The number of nitrogens with two attached hydrogens (primary N) is 1. The van der Waals surface area contributed by atoms with E-state index in [0.717, 1.165) is 23.3 Å². The van der Waals surface area contributed by atoms with Gasteiger partial charge in [-0.2, -0.15) is 0 Å². The van der Waals surface area contributed by atoms with Crippen LogP contribution in [-0.2, 0) is 5.41 Å². The van der Waals surface area contributed by atoms with Crippen molar-refractivity contribution < 1.29 is 14.2 Å². The van der Waals surface area contributed by atoms with Crippen LogP contribution in [-0.4, -0.2) is 33.3 Å². The summed E-state index contributed by atoms with van der Waals surface area (Å²) in [6.45, 7) is 5.48. The van der Waals surface area contributed by atoms with Gasteiger partial charge in [-0.15, -0.1) is 24.0 Å². The second-order valence-corrected chi connectivity index (χ2v) is 7.53. The fourth-order valence-corrected chi connectivity index (χ4v) is 3.35. The monoisotopic (exact) mass is 511 g/mol. The van der Waals surface area contributed by atoms with Gasteiger partial charge in [0.1, 0.15) is 5.75 Å². The molecule has 2 aromatic rings. The highest BCUT2D eigenvalue weighted by Gasteiger charge is 2.24. The van der Waals surface area contributed by atoms with Gasteiger partial charge >= 0.3 is 0 Å². The van der Waals surface area contributed by atoms with E-state index in [1.165, 1.54) is 0 Å². The highest BCUT2D eigenvalue weighted by molar-refractivity contribution is 14.0. The minimum atomic E-state index is -0.209. The maximum Gasteiger partial charge on any atom is 0.189 e. The predicted molar refractivity (Wildman–Crippen MR) is 127 cm³/mol. The Hall–Kier alpha value is -2.16. The van der Waals surface area contributed by atoms with Crippen LogP contribution in [0.1, 0.15) is 37.4 Å². The molecule has 29 heavy (non-hydrogen) atoms. The molecule has 0 saturated carbocycles. The third-order valence-electron chi connectivity index (χ3n) is 5.09. The highest BCUT2D eigenvalue weighted by atomic mass is 127. The summed E-state index contributed by atoms with van der Waals surface area (Å²) in [4.78, 5) is 4.61. The van der Waals surface area contributed by atoms with E-state index >= 15 is 0 Å². The molecule has 0 saturated heterocycles. The lowest BCUT2D eigenvalue weighted by Gasteiger charge is -2.28. The third-order valence-corrected chi connectivity index (χ3v) is 5.09. The molecule has 0 radical (unpaired) electrons. The first kappa shape index (κ1) is 23.1. The van der Waals surface area contributed by atoms with Gasteiger partial charge in [0.2, 0.25) is 0 Å². The summed E-state index contributed by atoms with van der Waals surface area (Å²) in [5.74, 6) is 2.77. The lowest BCUT2D eigenvalue weighted by atomic mass is 9.84. The number of hydrogen-bond donors (Lipinski definition) is 2. The number of fused-ring (bicyclic) bond motifs is 1. The van der Waals surface area contributed by atoms with E-state index in [1.54, 1.807) is 14.2 Å². The van der Waals surface area contributed by atoms with E-state index in [2.05, 4.69) is 30.2 Å². The minimum Gasteiger partial charge on any atom is -0.493 e. The Morgan fingerprint density at radius 3 is 2.62 bits per heavy atom. The SMILES string of the molecule is COc1ccc(C(C)(C)CN=C(N)NC2CCOc3ccccc32)cc1OC.I. The van der Waals surface area contributed by atoms with Crippen LogP contribution in [0.25, 0.3) is 0 Å². The largest absolute Gasteiger partial charge is 0.493 e. The Labute approximate surface area is 189 Å². The number of methoxy groups -OCH3 is 2. The van der Waals surface area contributed by atoms with Gasteiger partial charge in [0.15, 0.2) is 17.5 Å². The van der Waals surface area contributed by atoms with Crippen molar-refractivity contribution in [2.75, 3.05) is 27.4 Å². The molecular formula is C22H30IN3O3. The van der Waals surface area contributed by atoms with E-state index in [4.69, 9.17) is 19.9 Å². The zero-order valence-corrected chi connectivity index (χ0v) is 19.7. The molecule has 0 bridgehead atoms. The third kappa shape index (κ3) is 5.46. The van der Waals surface area contributed by atoms with Crippen LogP contribution in [0.15, 0.2) is 47.5 Å². The lowest BCUT2D eigenvalue weighted by molar-refractivity contribution is 0.262. The number of hydrogen-bond acceptors (Lipinski definition) is 4. The van der Waals surface area contributed by atoms with Gasteiger partial charge in [0.25, 0.3) is 0 Å². The fraction of sp³-hybridized carbons (Fsp3) is 0.409. The topological polar surface area (TPSA) is 78.1 Å². The number of guanidine groups is 1. The molecule has 0 aliphatic carbocycles. The van der Waals surface area contributed by atoms with Crippen LogP contribution in [0.5, 0.6) is 17.2 Å². The van der Waals surface area contributed by atoms with Gasteiger partial charge in [-0.25, -0.2) is 0 Å². The van der Waals surface area contributed by atoms with E-state index in [0.29, 0.717) is 30.6 Å². The van der Waals surface area contributed by atoms with Gasteiger partial charge in [0, 0.05) is 17.4 Å². The predicted octanol–water partition coefficient (Wildman–Crippen LogP) is 4.03. The van der Waals surface area contributed by atoms with Crippen LogP contribution in [0, 0.1) is 0 Å². The standard InChI is InChI=1S/C22H29N3O3.HI/c1-22(2,15-9-10-19(26-3)20(13-15)27-4)14-24-21(23)25-17-11-12-28-18-8-6-5-7-16(17)18;/h5-10,13,17H,11-12,14H2,1-4H3,(H3,23,24,25);1H. The molecule has 2 aromatic carbocycles. The van der Waals surface area contributed by atoms with Gasteiger partial charge in [0.05, 0.1) is 33.4 Å². The smallest absolute Gasteiger partial charge is 0.189 e. The van der Waals surface area contributed by atoms with Crippen molar-refractivity contribution in [2.24, 2.45) is 10.7 Å². The summed E-state index contributed by atoms with van der Waals surface area (Å²) in [6, 6.07) is 14.1. The number of benzene rings is 2. The van der Waals surface area contributed by atoms with Crippen molar-refractivity contribution in [3.05, 3.63) is 53.6 Å². The van der Waals surface area contributed by atoms with Crippen LogP contribution < -0.4 is 25.3 Å². The molecular weight excluding hydrogens is 481 g/mol. The van der Waals surface area contributed by atoms with Crippen LogP contribution >= 0.6 is 24.0 Å². The van der Waals surface area contributed by atoms with Crippen LogP contribution in [0.2, 0.25) is 0 Å². The Balaban J connectivity index is 0.00000300. The molecule has 1 heterocycles. The van der Waals surface area contributed by atoms with Crippen LogP contribution in [0.4, 0.5) is 0 Å². The van der Waals surface area contributed by atoms with Crippen molar-refractivity contribution in [3.63, 3.8) is 0 Å². The fourth-order valence-electron chi connectivity index (χ4n) is 3.35. The molecule has 158 valence electrons. The van der Waals surface area contributed by atoms with Crippen molar-refractivity contribution >= 4 is 29.9 Å². The number of para-hydroxylation sites is 1. The maximum absolute atomic E-state index is 6.20. The van der Waals surface area contributed by atoms with Gasteiger partial charge in [-0.05, 0) is 23.8 Å². The number of halogens is 1. The molecule has 1 unspecified atom stereocenters. The summed E-state index contributed by atoms with van der Waals surface area (Å²) in [6.07, 6.45) is 0.853. The van der Waals surface area contributed by atoms with Crippen molar-refractivity contribution in [2.45, 2.75) is 31.7 Å².